The maximum atomic E-state index is 11.9. The van der Waals surface area contributed by atoms with Crippen LogP contribution in [0, 0.1) is 0 Å². The average molecular weight is 285 g/mol. The van der Waals surface area contributed by atoms with Gasteiger partial charge in [-0.1, -0.05) is 0 Å². The Morgan fingerprint density at radius 3 is 2.44 bits per heavy atom. The van der Waals surface area contributed by atoms with Gasteiger partial charge in [-0.25, -0.2) is 0 Å². The van der Waals surface area contributed by atoms with Gasteiger partial charge in [-0.05, 0) is 43.7 Å². The van der Waals surface area contributed by atoms with Crippen LogP contribution in [0.4, 0.5) is 0 Å². The SMILES string of the molecule is CSCC(C)(O)CNC(=O)c1ccc(SC)cc1. The fraction of sp³-hybridized carbons (Fsp3) is 0.462. The molecular weight excluding hydrogens is 266 g/mol. The van der Waals surface area contributed by atoms with Crippen LogP contribution >= 0.6 is 23.5 Å². The summed E-state index contributed by atoms with van der Waals surface area (Å²) in [6, 6.07) is 7.42. The van der Waals surface area contributed by atoms with E-state index in [0.29, 0.717) is 11.3 Å². The molecule has 1 rings (SSSR count). The van der Waals surface area contributed by atoms with Crippen LogP contribution in [0.5, 0.6) is 0 Å². The van der Waals surface area contributed by atoms with E-state index < -0.39 is 5.60 Å². The van der Waals surface area contributed by atoms with Crippen LogP contribution in [-0.2, 0) is 0 Å². The maximum Gasteiger partial charge on any atom is 0.251 e. The molecule has 0 fully saturated rings. The minimum absolute atomic E-state index is 0.149. The van der Waals surface area contributed by atoms with E-state index in [9.17, 15) is 9.90 Å². The summed E-state index contributed by atoms with van der Waals surface area (Å²) in [7, 11) is 0. The van der Waals surface area contributed by atoms with Crippen molar-refractivity contribution >= 4 is 29.4 Å². The van der Waals surface area contributed by atoms with Crippen LogP contribution in [0.15, 0.2) is 29.2 Å². The summed E-state index contributed by atoms with van der Waals surface area (Å²) in [6.07, 6.45) is 3.92. The molecule has 1 aromatic rings. The zero-order valence-electron chi connectivity index (χ0n) is 10.9. The third-order valence-corrected chi connectivity index (χ3v) is 4.09. The Labute approximate surface area is 117 Å². The Morgan fingerprint density at radius 2 is 1.94 bits per heavy atom. The van der Waals surface area contributed by atoms with Crippen molar-refractivity contribution in [1.82, 2.24) is 5.32 Å². The van der Waals surface area contributed by atoms with Crippen molar-refractivity contribution in [3.8, 4) is 0 Å². The fourth-order valence-corrected chi connectivity index (χ4v) is 2.61. The lowest BCUT2D eigenvalue weighted by molar-refractivity contribution is 0.0725. The number of nitrogens with one attached hydrogen (secondary N) is 1. The molecule has 1 atom stereocenters. The molecule has 0 saturated heterocycles. The number of hydrogen-bond acceptors (Lipinski definition) is 4. The predicted molar refractivity (Wildman–Crippen MR) is 79.6 cm³/mol. The first kappa shape index (κ1) is 15.4. The van der Waals surface area contributed by atoms with Crippen LogP contribution in [0.3, 0.4) is 0 Å². The molecule has 0 bridgehead atoms. The van der Waals surface area contributed by atoms with E-state index in [1.807, 2.05) is 24.6 Å². The number of amides is 1. The highest BCUT2D eigenvalue weighted by atomic mass is 32.2. The second-order valence-electron chi connectivity index (χ2n) is 4.34. The second kappa shape index (κ2) is 7.07. The Hall–Kier alpha value is -0.650. The van der Waals surface area contributed by atoms with Gasteiger partial charge in [0.2, 0.25) is 0 Å². The van der Waals surface area contributed by atoms with E-state index >= 15 is 0 Å². The average Bonchev–Trinajstić information content (AvgIpc) is 2.36. The Balaban J connectivity index is 2.54. The lowest BCUT2D eigenvalue weighted by atomic mass is 10.1. The van der Waals surface area contributed by atoms with E-state index in [1.165, 1.54) is 0 Å². The third kappa shape index (κ3) is 4.92. The topological polar surface area (TPSA) is 49.3 Å². The van der Waals surface area contributed by atoms with Crippen molar-refractivity contribution in [2.24, 2.45) is 0 Å². The summed E-state index contributed by atoms with van der Waals surface area (Å²) in [4.78, 5) is 13.0. The summed E-state index contributed by atoms with van der Waals surface area (Å²) in [6.45, 7) is 1.98. The van der Waals surface area contributed by atoms with Crippen molar-refractivity contribution in [3.63, 3.8) is 0 Å². The van der Waals surface area contributed by atoms with Gasteiger partial charge in [0, 0.05) is 22.8 Å². The molecule has 1 aromatic carbocycles. The molecule has 3 nitrogen and oxygen atoms in total. The standard InChI is InChI=1S/C13H19NO2S2/c1-13(16,9-17-2)8-14-12(15)10-4-6-11(18-3)7-5-10/h4-7,16H,8-9H2,1-3H3,(H,14,15). The number of hydrogen-bond donors (Lipinski definition) is 2. The van der Waals surface area contributed by atoms with Gasteiger partial charge < -0.3 is 10.4 Å². The first-order chi connectivity index (χ1) is 8.48. The van der Waals surface area contributed by atoms with Gasteiger partial charge in [0.1, 0.15) is 0 Å². The first-order valence-corrected chi connectivity index (χ1v) is 8.24. The minimum Gasteiger partial charge on any atom is -0.387 e. The highest BCUT2D eigenvalue weighted by Crippen LogP contribution is 2.15. The first-order valence-electron chi connectivity index (χ1n) is 5.62. The summed E-state index contributed by atoms with van der Waals surface area (Å²) in [5, 5.41) is 12.7. The van der Waals surface area contributed by atoms with E-state index in [1.54, 1.807) is 42.6 Å². The molecule has 0 radical (unpaired) electrons. The summed E-state index contributed by atoms with van der Waals surface area (Å²) in [5.74, 6) is 0.447. The van der Waals surface area contributed by atoms with Gasteiger partial charge in [0.05, 0.1) is 5.60 Å². The lowest BCUT2D eigenvalue weighted by Gasteiger charge is -2.22. The summed E-state index contributed by atoms with van der Waals surface area (Å²) >= 11 is 3.20. The van der Waals surface area contributed by atoms with Crippen LogP contribution in [0.2, 0.25) is 0 Å². The molecule has 5 heteroatoms. The van der Waals surface area contributed by atoms with Crippen LogP contribution in [-0.4, -0.2) is 41.4 Å². The number of rotatable bonds is 6. The monoisotopic (exact) mass is 285 g/mol. The molecule has 0 saturated carbocycles. The Morgan fingerprint density at radius 1 is 1.33 bits per heavy atom. The van der Waals surface area contributed by atoms with Gasteiger partial charge in [-0.15, -0.1) is 11.8 Å². The minimum atomic E-state index is -0.867. The van der Waals surface area contributed by atoms with Gasteiger partial charge >= 0.3 is 0 Å². The Kier molecular flexibility index (Phi) is 6.05. The zero-order valence-corrected chi connectivity index (χ0v) is 12.5. The van der Waals surface area contributed by atoms with E-state index in [0.717, 1.165) is 4.90 Å². The number of thioether (sulfide) groups is 2. The smallest absolute Gasteiger partial charge is 0.251 e. The molecule has 0 spiro atoms. The van der Waals surface area contributed by atoms with Gasteiger partial charge in [0.15, 0.2) is 0 Å². The third-order valence-electron chi connectivity index (χ3n) is 2.44. The molecular formula is C13H19NO2S2. The fourth-order valence-electron chi connectivity index (χ4n) is 1.48. The Bertz CT molecular complexity index is 390. The zero-order chi connectivity index (χ0) is 13.6. The molecule has 1 amide bonds. The molecule has 0 aliphatic carbocycles. The predicted octanol–water partition coefficient (Wildman–Crippen LogP) is 2.25. The van der Waals surface area contributed by atoms with Crippen LogP contribution in [0.25, 0.3) is 0 Å². The quantitative estimate of drug-likeness (QED) is 0.787. The molecule has 100 valence electrons. The number of carbonyl (C=O) groups excluding carboxylic acids is 1. The highest BCUT2D eigenvalue weighted by Gasteiger charge is 2.20. The summed E-state index contributed by atoms with van der Waals surface area (Å²) in [5.41, 5.74) is -0.248. The van der Waals surface area contributed by atoms with Crippen molar-refractivity contribution in [1.29, 1.82) is 0 Å². The largest absolute Gasteiger partial charge is 0.387 e. The van der Waals surface area contributed by atoms with Crippen molar-refractivity contribution in [3.05, 3.63) is 29.8 Å². The maximum absolute atomic E-state index is 11.9. The number of carbonyl (C=O) groups is 1. The molecule has 18 heavy (non-hydrogen) atoms. The van der Waals surface area contributed by atoms with Gasteiger partial charge in [-0.2, -0.15) is 11.8 Å². The molecule has 1 unspecified atom stereocenters. The number of benzene rings is 1. The molecule has 2 N–H and O–H groups in total. The van der Waals surface area contributed by atoms with Crippen LogP contribution < -0.4 is 5.32 Å². The van der Waals surface area contributed by atoms with E-state index in [-0.39, 0.29) is 12.5 Å². The van der Waals surface area contributed by atoms with E-state index in [4.69, 9.17) is 0 Å². The second-order valence-corrected chi connectivity index (χ2v) is 6.09. The van der Waals surface area contributed by atoms with Gasteiger partial charge in [-0.3, -0.25) is 4.79 Å². The van der Waals surface area contributed by atoms with Crippen molar-refractivity contribution in [2.75, 3.05) is 24.8 Å². The molecule has 0 aliphatic rings. The highest BCUT2D eigenvalue weighted by molar-refractivity contribution is 7.98. The van der Waals surface area contributed by atoms with E-state index in [2.05, 4.69) is 5.32 Å². The molecule has 0 aliphatic heterocycles. The number of aliphatic hydroxyl groups is 1. The van der Waals surface area contributed by atoms with Crippen molar-refractivity contribution in [2.45, 2.75) is 17.4 Å². The van der Waals surface area contributed by atoms with Gasteiger partial charge in [0.25, 0.3) is 5.91 Å². The molecule has 0 aromatic heterocycles. The molecule has 0 heterocycles. The van der Waals surface area contributed by atoms with Crippen molar-refractivity contribution < 1.29 is 9.90 Å². The normalized spacial score (nSPS) is 14.0. The van der Waals surface area contributed by atoms with Crippen LogP contribution in [0.1, 0.15) is 17.3 Å². The summed E-state index contributed by atoms with van der Waals surface area (Å²) < 4.78 is 0. The lowest BCUT2D eigenvalue weighted by Crippen LogP contribution is -2.42.